The fraction of sp³-hybridized carbons (Fsp3) is 0.562. The first-order valence-electron chi connectivity index (χ1n) is 7.59. The van der Waals surface area contributed by atoms with Gasteiger partial charge in [0.25, 0.3) is 0 Å². The van der Waals surface area contributed by atoms with Gasteiger partial charge in [0, 0.05) is 6.42 Å². The van der Waals surface area contributed by atoms with Gasteiger partial charge in [0.2, 0.25) is 0 Å². The van der Waals surface area contributed by atoms with Gasteiger partial charge in [-0.25, -0.2) is 5.84 Å². The van der Waals surface area contributed by atoms with E-state index in [0.29, 0.717) is 12.6 Å². The summed E-state index contributed by atoms with van der Waals surface area (Å²) in [4.78, 5) is 4.75. The van der Waals surface area contributed by atoms with Crippen molar-refractivity contribution in [3.8, 4) is 5.75 Å². The van der Waals surface area contributed by atoms with Gasteiger partial charge in [-0.3, -0.25) is 4.99 Å². The van der Waals surface area contributed by atoms with Crippen LogP contribution in [0.15, 0.2) is 35.3 Å². The summed E-state index contributed by atoms with van der Waals surface area (Å²) in [5.41, 5.74) is 2.73. The molecule has 1 aromatic carbocycles. The maximum atomic E-state index is 5.68. The summed E-state index contributed by atoms with van der Waals surface area (Å²) in [5.74, 6) is 7.31. The van der Waals surface area contributed by atoms with E-state index in [1.165, 1.54) is 38.5 Å². The van der Waals surface area contributed by atoms with Crippen LogP contribution in [0.1, 0.15) is 44.9 Å². The lowest BCUT2D eigenvalue weighted by Crippen LogP contribution is -2.32. The highest BCUT2D eigenvalue weighted by Crippen LogP contribution is 2.20. The largest absolute Gasteiger partial charge is 0.493 e. The molecule has 1 aliphatic carbocycles. The van der Waals surface area contributed by atoms with E-state index in [2.05, 4.69) is 5.43 Å². The third-order valence-corrected chi connectivity index (χ3v) is 3.68. The topological polar surface area (TPSA) is 59.6 Å². The van der Waals surface area contributed by atoms with Crippen molar-refractivity contribution in [2.45, 2.75) is 51.0 Å². The van der Waals surface area contributed by atoms with Gasteiger partial charge in [0.15, 0.2) is 0 Å². The van der Waals surface area contributed by atoms with Gasteiger partial charge in [-0.2, -0.15) is 0 Å². The Balaban J connectivity index is 1.79. The van der Waals surface area contributed by atoms with Crippen molar-refractivity contribution in [1.82, 2.24) is 5.43 Å². The SMILES string of the molecule is NNC(CCOc1ccccc1)=NC1CCCCCC1. The Morgan fingerprint density at radius 1 is 1.15 bits per heavy atom. The average molecular weight is 275 g/mol. The van der Waals surface area contributed by atoms with E-state index in [-0.39, 0.29) is 0 Å². The Bertz CT molecular complexity index is 397. The Labute approximate surface area is 121 Å². The summed E-state index contributed by atoms with van der Waals surface area (Å²) < 4.78 is 5.68. The van der Waals surface area contributed by atoms with E-state index >= 15 is 0 Å². The van der Waals surface area contributed by atoms with Crippen LogP contribution in [0.3, 0.4) is 0 Å². The van der Waals surface area contributed by atoms with E-state index in [4.69, 9.17) is 15.6 Å². The zero-order valence-corrected chi connectivity index (χ0v) is 12.1. The van der Waals surface area contributed by atoms with Crippen molar-refractivity contribution in [2.24, 2.45) is 10.8 Å². The zero-order chi connectivity index (χ0) is 14.0. The molecule has 0 bridgehead atoms. The molecule has 0 unspecified atom stereocenters. The molecule has 0 radical (unpaired) electrons. The highest BCUT2D eigenvalue weighted by Gasteiger charge is 2.11. The van der Waals surface area contributed by atoms with Crippen LogP contribution in [0.25, 0.3) is 0 Å². The number of hydrogen-bond acceptors (Lipinski definition) is 3. The molecular weight excluding hydrogens is 250 g/mol. The Kier molecular flexibility index (Phi) is 6.38. The molecule has 0 aromatic heterocycles. The molecule has 20 heavy (non-hydrogen) atoms. The van der Waals surface area contributed by atoms with E-state index in [1.807, 2.05) is 30.3 Å². The number of ether oxygens (including phenoxy) is 1. The molecule has 1 aromatic rings. The number of benzene rings is 1. The van der Waals surface area contributed by atoms with E-state index in [9.17, 15) is 0 Å². The maximum absolute atomic E-state index is 5.68. The number of rotatable bonds is 5. The number of nitrogens with zero attached hydrogens (tertiary/aromatic N) is 1. The van der Waals surface area contributed by atoms with Crippen molar-refractivity contribution in [1.29, 1.82) is 0 Å². The summed E-state index contributed by atoms with van der Waals surface area (Å²) in [6.45, 7) is 0.597. The van der Waals surface area contributed by atoms with Crippen LogP contribution < -0.4 is 16.0 Å². The summed E-state index contributed by atoms with van der Waals surface area (Å²) in [5, 5.41) is 0. The van der Waals surface area contributed by atoms with Gasteiger partial charge in [-0.05, 0) is 25.0 Å². The lowest BCUT2D eigenvalue weighted by molar-refractivity contribution is 0.327. The second kappa shape index (κ2) is 8.59. The first-order valence-corrected chi connectivity index (χ1v) is 7.59. The van der Waals surface area contributed by atoms with Gasteiger partial charge in [0.1, 0.15) is 11.6 Å². The predicted octanol–water partition coefficient (Wildman–Crippen LogP) is 3.04. The molecule has 0 spiro atoms. The van der Waals surface area contributed by atoms with Gasteiger partial charge in [-0.15, -0.1) is 0 Å². The molecule has 110 valence electrons. The lowest BCUT2D eigenvalue weighted by atomic mass is 10.1. The average Bonchev–Trinajstić information content (AvgIpc) is 2.76. The normalized spacial score (nSPS) is 17.6. The van der Waals surface area contributed by atoms with Crippen LogP contribution in [0.2, 0.25) is 0 Å². The summed E-state index contributed by atoms with van der Waals surface area (Å²) >= 11 is 0. The quantitative estimate of drug-likeness (QED) is 0.285. The minimum absolute atomic E-state index is 0.431. The first kappa shape index (κ1) is 14.9. The third-order valence-electron chi connectivity index (χ3n) is 3.68. The number of amidine groups is 1. The molecule has 1 aliphatic rings. The van der Waals surface area contributed by atoms with E-state index in [0.717, 1.165) is 18.0 Å². The summed E-state index contributed by atoms with van der Waals surface area (Å²) in [6, 6.07) is 10.3. The van der Waals surface area contributed by atoms with Crippen LogP contribution in [0.4, 0.5) is 0 Å². The lowest BCUT2D eigenvalue weighted by Gasteiger charge is -2.13. The van der Waals surface area contributed by atoms with Crippen molar-refractivity contribution >= 4 is 5.84 Å². The van der Waals surface area contributed by atoms with Gasteiger partial charge in [-0.1, -0.05) is 43.9 Å². The smallest absolute Gasteiger partial charge is 0.119 e. The van der Waals surface area contributed by atoms with Crippen molar-refractivity contribution in [2.75, 3.05) is 6.61 Å². The van der Waals surface area contributed by atoms with Crippen LogP contribution in [0, 0.1) is 0 Å². The number of hydrazine groups is 1. The van der Waals surface area contributed by atoms with Gasteiger partial charge in [0.05, 0.1) is 12.6 Å². The Morgan fingerprint density at radius 2 is 1.85 bits per heavy atom. The molecule has 0 amide bonds. The fourth-order valence-corrected chi connectivity index (χ4v) is 2.56. The van der Waals surface area contributed by atoms with Crippen molar-refractivity contribution in [3.05, 3.63) is 30.3 Å². The highest BCUT2D eigenvalue weighted by atomic mass is 16.5. The van der Waals surface area contributed by atoms with Crippen LogP contribution in [0.5, 0.6) is 5.75 Å². The molecule has 0 heterocycles. The first-order chi connectivity index (χ1) is 9.88. The molecular formula is C16H25N3O. The molecule has 3 N–H and O–H groups in total. The van der Waals surface area contributed by atoms with Crippen LogP contribution >= 0.6 is 0 Å². The molecule has 2 rings (SSSR count). The molecule has 0 atom stereocenters. The molecule has 0 saturated heterocycles. The zero-order valence-electron chi connectivity index (χ0n) is 12.1. The predicted molar refractivity (Wildman–Crippen MR) is 82.8 cm³/mol. The summed E-state index contributed by atoms with van der Waals surface area (Å²) in [7, 11) is 0. The minimum Gasteiger partial charge on any atom is -0.493 e. The van der Waals surface area contributed by atoms with Crippen LogP contribution in [-0.4, -0.2) is 18.5 Å². The third kappa shape index (κ3) is 5.21. The molecule has 1 fully saturated rings. The second-order valence-electron chi connectivity index (χ2n) is 5.28. The molecule has 4 nitrogen and oxygen atoms in total. The van der Waals surface area contributed by atoms with Crippen molar-refractivity contribution < 1.29 is 4.74 Å². The number of para-hydroxylation sites is 1. The molecule has 1 saturated carbocycles. The maximum Gasteiger partial charge on any atom is 0.119 e. The molecule has 0 aliphatic heterocycles. The highest BCUT2D eigenvalue weighted by molar-refractivity contribution is 5.81. The van der Waals surface area contributed by atoms with E-state index < -0.39 is 0 Å². The van der Waals surface area contributed by atoms with Gasteiger partial charge < -0.3 is 10.2 Å². The monoisotopic (exact) mass is 275 g/mol. The van der Waals surface area contributed by atoms with E-state index in [1.54, 1.807) is 0 Å². The number of hydrogen-bond donors (Lipinski definition) is 2. The number of nitrogens with two attached hydrogens (primary N) is 1. The Morgan fingerprint density at radius 3 is 2.50 bits per heavy atom. The standard InChI is InChI=1S/C16H25N3O/c17-19-16(18-14-8-4-1-2-5-9-14)12-13-20-15-10-6-3-7-11-15/h3,6-7,10-11,14H,1-2,4-5,8-9,12-13,17H2,(H,18,19). The molecule has 4 heteroatoms. The van der Waals surface area contributed by atoms with Gasteiger partial charge >= 0.3 is 0 Å². The summed E-state index contributed by atoms with van der Waals surface area (Å²) in [6.07, 6.45) is 8.35. The number of aliphatic imine (C=N–C) groups is 1. The fourth-order valence-electron chi connectivity index (χ4n) is 2.56. The van der Waals surface area contributed by atoms with Crippen LogP contribution in [-0.2, 0) is 0 Å². The Hall–Kier alpha value is -1.55. The minimum atomic E-state index is 0.431. The second-order valence-corrected chi connectivity index (χ2v) is 5.28. The number of nitrogens with one attached hydrogen (secondary N) is 1. The van der Waals surface area contributed by atoms with Crippen molar-refractivity contribution in [3.63, 3.8) is 0 Å².